The maximum atomic E-state index is 5.74. The van der Waals surface area contributed by atoms with Crippen LogP contribution in [0.4, 0.5) is 0 Å². The molecule has 1 heterocycles. The smallest absolute Gasteiger partial charge is 0.167 e. The molecule has 3 atom stereocenters. The third kappa shape index (κ3) is 2.37. The summed E-state index contributed by atoms with van der Waals surface area (Å²) >= 11 is 0. The van der Waals surface area contributed by atoms with Gasteiger partial charge in [0.25, 0.3) is 0 Å². The van der Waals surface area contributed by atoms with E-state index in [1.54, 1.807) is 0 Å². The minimum atomic E-state index is -0.0731. The van der Waals surface area contributed by atoms with Crippen LogP contribution in [0.15, 0.2) is 0 Å². The monoisotopic (exact) mass is 208 g/mol. The predicted molar refractivity (Wildman–Crippen MR) is 59.4 cm³/mol. The van der Waals surface area contributed by atoms with E-state index in [9.17, 15) is 0 Å². The fourth-order valence-corrected chi connectivity index (χ4v) is 2.36. The molecule has 2 rings (SSSR count). The van der Waals surface area contributed by atoms with Gasteiger partial charge in [-0.25, -0.2) is 4.98 Å². The van der Waals surface area contributed by atoms with Crippen LogP contribution < -0.4 is 5.73 Å². The van der Waals surface area contributed by atoms with Crippen LogP contribution in [0.1, 0.15) is 63.1 Å². The highest BCUT2D eigenvalue weighted by Crippen LogP contribution is 2.34. The first-order valence-electron chi connectivity index (χ1n) is 5.84. The van der Waals surface area contributed by atoms with Crippen LogP contribution in [-0.2, 0) is 0 Å². The minimum Gasteiger partial charge on any atom is -0.321 e. The molecule has 3 N–H and O–H groups in total. The molecule has 1 aromatic rings. The molecule has 1 aliphatic carbocycles. The molecule has 4 heteroatoms. The van der Waals surface area contributed by atoms with Crippen molar-refractivity contribution in [1.29, 1.82) is 0 Å². The predicted octanol–water partition coefficient (Wildman–Crippen LogP) is 2.12. The molecule has 15 heavy (non-hydrogen) atoms. The fourth-order valence-electron chi connectivity index (χ4n) is 2.36. The second kappa shape index (κ2) is 4.31. The van der Waals surface area contributed by atoms with Crippen molar-refractivity contribution in [3.05, 3.63) is 11.6 Å². The number of hydrogen-bond donors (Lipinski definition) is 2. The molecular formula is C11H20N4. The second-order valence-electron chi connectivity index (χ2n) is 4.84. The summed E-state index contributed by atoms with van der Waals surface area (Å²) in [5.74, 6) is 3.15. The van der Waals surface area contributed by atoms with Crippen LogP contribution in [0.5, 0.6) is 0 Å². The number of aromatic amines is 1. The van der Waals surface area contributed by atoms with Gasteiger partial charge in [-0.05, 0) is 25.7 Å². The zero-order valence-electron chi connectivity index (χ0n) is 9.53. The summed E-state index contributed by atoms with van der Waals surface area (Å²) in [6.45, 7) is 4.23. The Labute approximate surface area is 90.7 Å². The van der Waals surface area contributed by atoms with Crippen LogP contribution in [0.25, 0.3) is 0 Å². The molecule has 3 unspecified atom stereocenters. The first-order valence-corrected chi connectivity index (χ1v) is 5.84. The van der Waals surface area contributed by atoms with Crippen LogP contribution in [0.3, 0.4) is 0 Å². The maximum absolute atomic E-state index is 5.74. The van der Waals surface area contributed by atoms with E-state index in [2.05, 4.69) is 22.1 Å². The summed E-state index contributed by atoms with van der Waals surface area (Å²) in [5.41, 5.74) is 5.74. The first-order chi connectivity index (χ1) is 7.16. The summed E-state index contributed by atoms with van der Waals surface area (Å²) in [6.07, 6.45) is 5.12. The normalized spacial score (nSPS) is 29.0. The maximum Gasteiger partial charge on any atom is 0.167 e. The molecule has 0 saturated heterocycles. The average Bonchev–Trinajstić information content (AvgIpc) is 2.66. The Kier molecular flexibility index (Phi) is 3.05. The third-order valence-corrected chi connectivity index (χ3v) is 3.25. The SMILES string of the molecule is CC1CCCC(c2nc(C(C)N)n[nH]2)C1. The summed E-state index contributed by atoms with van der Waals surface area (Å²) < 4.78 is 0. The highest BCUT2D eigenvalue weighted by molar-refractivity contribution is 5.01. The lowest BCUT2D eigenvalue weighted by molar-refractivity contribution is 0.335. The summed E-state index contributed by atoms with van der Waals surface area (Å²) in [4.78, 5) is 4.48. The molecule has 4 nitrogen and oxygen atoms in total. The van der Waals surface area contributed by atoms with Crippen LogP contribution in [-0.4, -0.2) is 15.2 Å². The van der Waals surface area contributed by atoms with Crippen molar-refractivity contribution < 1.29 is 0 Å². The van der Waals surface area contributed by atoms with E-state index in [1.165, 1.54) is 25.7 Å². The largest absolute Gasteiger partial charge is 0.321 e. The Balaban J connectivity index is 2.08. The topological polar surface area (TPSA) is 67.6 Å². The Morgan fingerprint density at radius 3 is 2.87 bits per heavy atom. The summed E-state index contributed by atoms with van der Waals surface area (Å²) in [7, 11) is 0. The number of aromatic nitrogens is 3. The number of rotatable bonds is 2. The molecule has 0 aromatic carbocycles. The molecule has 0 radical (unpaired) electrons. The van der Waals surface area contributed by atoms with Gasteiger partial charge in [-0.2, -0.15) is 5.10 Å². The molecule has 1 aromatic heterocycles. The van der Waals surface area contributed by atoms with E-state index < -0.39 is 0 Å². The molecule has 1 fully saturated rings. The van der Waals surface area contributed by atoms with Gasteiger partial charge in [0.1, 0.15) is 5.82 Å². The third-order valence-electron chi connectivity index (χ3n) is 3.25. The van der Waals surface area contributed by atoms with Crippen molar-refractivity contribution in [2.45, 2.75) is 51.5 Å². The molecule has 84 valence electrons. The molecule has 0 amide bonds. The second-order valence-corrected chi connectivity index (χ2v) is 4.84. The zero-order valence-corrected chi connectivity index (χ0v) is 9.53. The number of H-pyrrole nitrogens is 1. The molecule has 0 aliphatic heterocycles. The van der Waals surface area contributed by atoms with Gasteiger partial charge in [-0.1, -0.05) is 19.8 Å². The van der Waals surface area contributed by atoms with Gasteiger partial charge in [0, 0.05) is 5.92 Å². The summed E-state index contributed by atoms with van der Waals surface area (Å²) in [5, 5.41) is 7.19. The van der Waals surface area contributed by atoms with E-state index in [-0.39, 0.29) is 6.04 Å². The van der Waals surface area contributed by atoms with Crippen molar-refractivity contribution >= 4 is 0 Å². The van der Waals surface area contributed by atoms with Crippen LogP contribution in [0, 0.1) is 5.92 Å². The van der Waals surface area contributed by atoms with Crippen molar-refractivity contribution in [3.63, 3.8) is 0 Å². The van der Waals surface area contributed by atoms with Gasteiger partial charge < -0.3 is 5.73 Å². The van der Waals surface area contributed by atoms with Gasteiger partial charge >= 0.3 is 0 Å². The lowest BCUT2D eigenvalue weighted by atomic mass is 9.82. The van der Waals surface area contributed by atoms with E-state index in [0.29, 0.717) is 5.92 Å². The van der Waals surface area contributed by atoms with E-state index in [1.807, 2.05) is 6.92 Å². The number of nitrogens with zero attached hydrogens (tertiary/aromatic N) is 2. The Hall–Kier alpha value is -0.900. The molecular weight excluding hydrogens is 188 g/mol. The van der Waals surface area contributed by atoms with Gasteiger partial charge in [-0.15, -0.1) is 0 Å². The molecule has 1 aliphatic rings. The van der Waals surface area contributed by atoms with Crippen molar-refractivity contribution in [3.8, 4) is 0 Å². The van der Waals surface area contributed by atoms with Gasteiger partial charge in [0.05, 0.1) is 6.04 Å². The number of nitrogens with one attached hydrogen (secondary N) is 1. The Morgan fingerprint density at radius 2 is 2.27 bits per heavy atom. The molecule has 1 saturated carbocycles. The average molecular weight is 208 g/mol. The molecule has 0 spiro atoms. The van der Waals surface area contributed by atoms with Crippen molar-refractivity contribution in [2.24, 2.45) is 11.7 Å². The van der Waals surface area contributed by atoms with E-state index in [0.717, 1.165) is 17.6 Å². The lowest BCUT2D eigenvalue weighted by Crippen LogP contribution is -2.13. The van der Waals surface area contributed by atoms with Crippen LogP contribution >= 0.6 is 0 Å². The van der Waals surface area contributed by atoms with E-state index in [4.69, 9.17) is 5.73 Å². The Morgan fingerprint density at radius 1 is 1.47 bits per heavy atom. The van der Waals surface area contributed by atoms with Gasteiger partial charge in [-0.3, -0.25) is 5.10 Å². The van der Waals surface area contributed by atoms with Crippen molar-refractivity contribution in [1.82, 2.24) is 15.2 Å². The first kappa shape index (κ1) is 10.6. The summed E-state index contributed by atoms with van der Waals surface area (Å²) in [6, 6.07) is -0.0731. The number of nitrogens with two attached hydrogens (primary N) is 1. The van der Waals surface area contributed by atoms with Gasteiger partial charge in [0.2, 0.25) is 0 Å². The highest BCUT2D eigenvalue weighted by atomic mass is 15.2. The van der Waals surface area contributed by atoms with Crippen LogP contribution in [0.2, 0.25) is 0 Å². The minimum absolute atomic E-state index is 0.0731. The van der Waals surface area contributed by atoms with Gasteiger partial charge in [0.15, 0.2) is 5.82 Å². The standard InChI is InChI=1S/C11H20N4/c1-7-4-3-5-9(6-7)11-13-10(8(2)12)14-15-11/h7-9H,3-6,12H2,1-2H3,(H,13,14,15). The van der Waals surface area contributed by atoms with E-state index >= 15 is 0 Å². The zero-order chi connectivity index (χ0) is 10.8. The highest BCUT2D eigenvalue weighted by Gasteiger charge is 2.23. The lowest BCUT2D eigenvalue weighted by Gasteiger charge is -2.24. The molecule has 0 bridgehead atoms. The fraction of sp³-hybridized carbons (Fsp3) is 0.818. The van der Waals surface area contributed by atoms with Crippen molar-refractivity contribution in [2.75, 3.05) is 0 Å². The number of hydrogen-bond acceptors (Lipinski definition) is 3. The Bertz CT molecular complexity index is 318. The quantitative estimate of drug-likeness (QED) is 0.782.